The summed E-state index contributed by atoms with van der Waals surface area (Å²) in [5.41, 5.74) is 8.15. The second kappa shape index (κ2) is 6.84. The molecule has 0 aliphatic carbocycles. The lowest BCUT2D eigenvalue weighted by Gasteiger charge is -2.08. The van der Waals surface area contributed by atoms with E-state index in [4.69, 9.17) is 5.73 Å². The molecule has 0 radical (unpaired) electrons. The smallest absolute Gasteiger partial charge is 0.295 e. The van der Waals surface area contributed by atoms with Crippen LogP contribution in [0.2, 0.25) is 0 Å². The van der Waals surface area contributed by atoms with E-state index in [1.807, 2.05) is 18.2 Å². The molecule has 126 valence electrons. The Morgan fingerprint density at radius 3 is 2.08 bits per heavy atom. The molecule has 0 saturated carbocycles. The Balaban J connectivity index is 2.04. The summed E-state index contributed by atoms with van der Waals surface area (Å²) in [5, 5.41) is 8.07. The second-order valence-corrected chi connectivity index (χ2v) is 6.70. The monoisotopic (exact) mass is 353 g/mol. The zero-order valence-electron chi connectivity index (χ0n) is 13.1. The van der Waals surface area contributed by atoms with E-state index in [9.17, 15) is 13.0 Å². The molecule has 3 aromatic rings. The fourth-order valence-electron chi connectivity index (χ4n) is 2.30. The highest BCUT2D eigenvalue weighted by Gasteiger charge is 2.17. The van der Waals surface area contributed by atoms with Gasteiger partial charge in [0.05, 0.1) is 11.4 Å². The molecular weight excluding hydrogens is 338 g/mol. The summed E-state index contributed by atoms with van der Waals surface area (Å²) < 4.78 is 33.1. The van der Waals surface area contributed by atoms with Gasteiger partial charge in [0, 0.05) is 11.3 Å². The lowest BCUT2D eigenvalue weighted by molar-refractivity contribution is 0.483. The molecule has 0 heterocycles. The standard InChI is InChI=1S/C18H15N3O3S/c19-14-8-6-13(7-9-14)17-11-10-16(12-18(17)25(22,23)24)21-20-15-4-2-1-3-5-15/h1-12H,19H2,(H,22,23,24)/b21-20+. The molecule has 0 bridgehead atoms. The van der Waals surface area contributed by atoms with Gasteiger partial charge in [0.1, 0.15) is 4.90 Å². The van der Waals surface area contributed by atoms with Crippen LogP contribution in [0.15, 0.2) is 87.9 Å². The predicted octanol–water partition coefficient (Wildman–Crippen LogP) is 4.60. The summed E-state index contributed by atoms with van der Waals surface area (Å²) in [5.74, 6) is 0. The third-order valence-electron chi connectivity index (χ3n) is 3.50. The Bertz CT molecular complexity index is 1020. The van der Waals surface area contributed by atoms with Gasteiger partial charge in [0.2, 0.25) is 0 Å². The topological polar surface area (TPSA) is 105 Å². The van der Waals surface area contributed by atoms with Crippen LogP contribution in [0.3, 0.4) is 0 Å². The maximum atomic E-state index is 11.8. The van der Waals surface area contributed by atoms with Crippen LogP contribution in [-0.4, -0.2) is 13.0 Å². The minimum absolute atomic E-state index is 0.234. The molecule has 3 rings (SSSR count). The van der Waals surface area contributed by atoms with Crippen molar-refractivity contribution < 1.29 is 13.0 Å². The number of azo groups is 1. The van der Waals surface area contributed by atoms with Crippen LogP contribution in [0.5, 0.6) is 0 Å². The quantitative estimate of drug-likeness (QED) is 0.406. The van der Waals surface area contributed by atoms with Gasteiger partial charge in [-0.3, -0.25) is 4.55 Å². The number of hydrogen-bond donors (Lipinski definition) is 2. The molecule has 0 unspecified atom stereocenters. The minimum atomic E-state index is -4.43. The number of hydrogen-bond acceptors (Lipinski definition) is 5. The molecule has 3 aromatic carbocycles. The number of nitrogens with two attached hydrogens (primary N) is 1. The minimum Gasteiger partial charge on any atom is -0.399 e. The highest BCUT2D eigenvalue weighted by Crippen LogP contribution is 2.32. The third kappa shape index (κ3) is 4.09. The van der Waals surface area contributed by atoms with Gasteiger partial charge >= 0.3 is 0 Å². The molecule has 6 nitrogen and oxygen atoms in total. The first kappa shape index (κ1) is 16.8. The lowest BCUT2D eigenvalue weighted by Crippen LogP contribution is -2.00. The van der Waals surface area contributed by atoms with Crippen molar-refractivity contribution >= 4 is 27.2 Å². The first-order valence-electron chi connectivity index (χ1n) is 7.38. The number of nitrogen functional groups attached to an aromatic ring is 1. The number of rotatable bonds is 4. The van der Waals surface area contributed by atoms with E-state index in [1.165, 1.54) is 6.07 Å². The van der Waals surface area contributed by atoms with Crippen molar-refractivity contribution in [1.29, 1.82) is 0 Å². The average Bonchev–Trinajstić information content (AvgIpc) is 2.61. The molecule has 7 heteroatoms. The highest BCUT2D eigenvalue weighted by molar-refractivity contribution is 7.86. The van der Waals surface area contributed by atoms with Gasteiger partial charge in [-0.25, -0.2) is 0 Å². The molecule has 0 spiro atoms. The molecular formula is C18H15N3O3S. The number of nitrogens with zero attached hydrogens (tertiary/aromatic N) is 2. The Morgan fingerprint density at radius 2 is 1.44 bits per heavy atom. The SMILES string of the molecule is Nc1ccc(-c2ccc(/N=N/c3ccccc3)cc2S(=O)(=O)O)cc1. The van der Waals surface area contributed by atoms with Crippen molar-refractivity contribution in [1.82, 2.24) is 0 Å². The lowest BCUT2D eigenvalue weighted by atomic mass is 10.0. The van der Waals surface area contributed by atoms with Crippen molar-refractivity contribution in [2.45, 2.75) is 4.90 Å². The Morgan fingerprint density at radius 1 is 0.800 bits per heavy atom. The van der Waals surface area contributed by atoms with Crippen molar-refractivity contribution in [3.8, 4) is 11.1 Å². The predicted molar refractivity (Wildman–Crippen MR) is 96.7 cm³/mol. The molecule has 0 aliphatic rings. The maximum absolute atomic E-state index is 11.8. The van der Waals surface area contributed by atoms with E-state index in [1.54, 1.807) is 48.5 Å². The van der Waals surface area contributed by atoms with Gasteiger partial charge in [-0.15, -0.1) is 0 Å². The van der Waals surface area contributed by atoms with Crippen LogP contribution in [0.25, 0.3) is 11.1 Å². The van der Waals surface area contributed by atoms with Crippen molar-refractivity contribution in [2.75, 3.05) is 5.73 Å². The summed E-state index contributed by atoms with van der Waals surface area (Å²) in [4.78, 5) is -0.234. The summed E-state index contributed by atoms with van der Waals surface area (Å²) in [6.45, 7) is 0. The van der Waals surface area contributed by atoms with Crippen LogP contribution in [0.1, 0.15) is 0 Å². The molecule has 0 atom stereocenters. The number of anilines is 1. The van der Waals surface area contributed by atoms with Gasteiger partial charge in [-0.1, -0.05) is 36.4 Å². The Kier molecular flexibility index (Phi) is 4.60. The van der Waals surface area contributed by atoms with Gasteiger partial charge in [0.25, 0.3) is 10.1 Å². The zero-order valence-corrected chi connectivity index (χ0v) is 13.9. The third-order valence-corrected chi connectivity index (χ3v) is 4.40. The molecule has 3 N–H and O–H groups in total. The Hall–Kier alpha value is -3.03. The van der Waals surface area contributed by atoms with E-state index >= 15 is 0 Å². The highest BCUT2D eigenvalue weighted by atomic mass is 32.2. The molecule has 0 amide bonds. The summed E-state index contributed by atoms with van der Waals surface area (Å²) >= 11 is 0. The zero-order chi connectivity index (χ0) is 17.9. The fourth-order valence-corrected chi connectivity index (χ4v) is 3.03. The van der Waals surface area contributed by atoms with Gasteiger partial charge in [0.15, 0.2) is 0 Å². The van der Waals surface area contributed by atoms with Crippen molar-refractivity contribution in [3.63, 3.8) is 0 Å². The van der Waals surface area contributed by atoms with Crippen molar-refractivity contribution in [2.24, 2.45) is 10.2 Å². The maximum Gasteiger partial charge on any atom is 0.295 e. The first-order valence-corrected chi connectivity index (χ1v) is 8.82. The van der Waals surface area contributed by atoms with Crippen LogP contribution in [-0.2, 0) is 10.1 Å². The molecule has 25 heavy (non-hydrogen) atoms. The summed E-state index contributed by atoms with van der Waals surface area (Å²) in [6.07, 6.45) is 0. The van der Waals surface area contributed by atoms with Crippen molar-refractivity contribution in [3.05, 3.63) is 72.8 Å². The summed E-state index contributed by atoms with van der Waals surface area (Å²) in [6, 6.07) is 20.2. The van der Waals surface area contributed by atoms with Crippen LogP contribution in [0, 0.1) is 0 Å². The first-order chi connectivity index (χ1) is 11.9. The van der Waals surface area contributed by atoms with Crippen LogP contribution < -0.4 is 5.73 Å². The van der Waals surface area contributed by atoms with E-state index in [2.05, 4.69) is 10.2 Å². The van der Waals surface area contributed by atoms with E-state index in [-0.39, 0.29) is 4.90 Å². The van der Waals surface area contributed by atoms with Gasteiger partial charge < -0.3 is 5.73 Å². The molecule has 0 aromatic heterocycles. The normalized spacial score (nSPS) is 11.7. The number of benzene rings is 3. The largest absolute Gasteiger partial charge is 0.399 e. The molecule has 0 fully saturated rings. The van der Waals surface area contributed by atoms with E-state index in [0.29, 0.717) is 28.2 Å². The van der Waals surface area contributed by atoms with Gasteiger partial charge in [-0.05, 0) is 42.0 Å². The van der Waals surface area contributed by atoms with E-state index in [0.717, 1.165) is 0 Å². The summed E-state index contributed by atoms with van der Waals surface area (Å²) in [7, 11) is -4.43. The van der Waals surface area contributed by atoms with Crippen LogP contribution >= 0.6 is 0 Å². The Labute approximate surface area is 145 Å². The second-order valence-electron chi connectivity index (χ2n) is 5.31. The fraction of sp³-hybridized carbons (Fsp3) is 0. The van der Waals surface area contributed by atoms with Gasteiger partial charge in [-0.2, -0.15) is 18.6 Å². The molecule has 0 aliphatic heterocycles. The molecule has 0 saturated heterocycles. The van der Waals surface area contributed by atoms with Crippen LogP contribution in [0.4, 0.5) is 17.1 Å². The van der Waals surface area contributed by atoms with E-state index < -0.39 is 10.1 Å². The average molecular weight is 353 g/mol.